The average Bonchev–Trinajstić information content (AvgIpc) is 3.95. The number of carbonyl (C=O) groups excluding carboxylic acids is 9. The van der Waals surface area contributed by atoms with Crippen molar-refractivity contribution >= 4 is 65.1 Å². The summed E-state index contributed by atoms with van der Waals surface area (Å²) in [6, 6.07) is -1.05. The Kier molecular flexibility index (Phi) is 40.3. The molecule has 25 heteroatoms. The second-order valence-electron chi connectivity index (χ2n) is 18.1. The van der Waals surface area contributed by atoms with Crippen molar-refractivity contribution < 1.29 is 62.1 Å². The second-order valence-corrected chi connectivity index (χ2v) is 19.4. The first-order chi connectivity index (χ1) is 36.2. The van der Waals surface area contributed by atoms with Crippen LogP contribution < -0.4 is 59.3 Å². The molecule has 432 valence electrons. The number of nitrogens with two attached hydrogens (primary N) is 2. The van der Waals surface area contributed by atoms with Gasteiger partial charge in [-0.05, 0) is 84.1 Å². The Hall–Kier alpha value is -4.82. The van der Waals surface area contributed by atoms with E-state index < -0.39 is 18.0 Å². The number of primary amides is 2. The molecule has 0 radical (unpaired) electrons. The average molecular weight is 1090 g/mol. The predicted molar refractivity (Wildman–Crippen MR) is 286 cm³/mol. The minimum absolute atomic E-state index is 0.0859. The molecule has 2 fully saturated rings. The van der Waals surface area contributed by atoms with Crippen LogP contribution in [-0.2, 0) is 57.3 Å². The van der Waals surface area contributed by atoms with E-state index in [9.17, 15) is 43.2 Å². The zero-order chi connectivity index (χ0) is 55.5. The van der Waals surface area contributed by atoms with E-state index in [0.717, 1.165) is 31.4 Å². The standard InChI is InChI=1S/C48H87N11O13S.C2H6/c1-3-34(45(49)65)13-6-9-21-53-42(63)31-71-29-28-70-26-24-55-43(64)32-72-30-27-69-25-23-54-40(61)19-12-18-39(60)52-20-10-8-15-36(47(67)56-22-11-7-14-35(51-2)46(50)66)57-41(62)17-5-4-16-38-44-37(33-73-38)58-48(68)59-44;1-2/h34-38,44,51H,3-33H2,1-2H3,(H2,49,65)(H2,50,66)(H,52,60)(H,53,63)(H,54,61)(H,55,64)(H,56,67)(H,57,62)(H2,58,59,68);1-2H3/t34-,35-,36-,37-,38-,44-;/m0./s1. The van der Waals surface area contributed by atoms with Crippen molar-refractivity contribution in [3.05, 3.63) is 0 Å². The molecule has 0 bridgehead atoms. The predicted octanol–water partition coefficient (Wildman–Crippen LogP) is 0.137. The van der Waals surface area contributed by atoms with E-state index in [1.807, 2.05) is 32.5 Å². The van der Waals surface area contributed by atoms with Crippen LogP contribution >= 0.6 is 11.8 Å². The van der Waals surface area contributed by atoms with Crippen molar-refractivity contribution in [2.24, 2.45) is 17.4 Å². The Bertz CT molecular complexity index is 1670. The first-order valence-electron chi connectivity index (χ1n) is 27.1. The molecule has 0 aromatic carbocycles. The highest BCUT2D eigenvalue weighted by atomic mass is 32.2. The van der Waals surface area contributed by atoms with Crippen LogP contribution in [-0.4, -0.2) is 181 Å². The van der Waals surface area contributed by atoms with Gasteiger partial charge in [0.25, 0.3) is 0 Å². The topological polar surface area (TPSA) is 351 Å². The normalized spacial score (nSPS) is 16.6. The summed E-state index contributed by atoms with van der Waals surface area (Å²) in [5.41, 5.74) is 10.7. The highest BCUT2D eigenvalue weighted by Gasteiger charge is 2.42. The fraction of sp³-hybridized carbons (Fsp3) is 0.820. The summed E-state index contributed by atoms with van der Waals surface area (Å²) >= 11 is 1.83. The Balaban J connectivity index is 0.0000139. The van der Waals surface area contributed by atoms with Crippen molar-refractivity contribution in [2.75, 3.05) is 98.4 Å². The van der Waals surface area contributed by atoms with Crippen molar-refractivity contribution in [2.45, 2.75) is 159 Å². The molecule has 0 saturated carbocycles. The number of urea groups is 1. The summed E-state index contributed by atoms with van der Waals surface area (Å²) in [4.78, 5) is 109. The molecular formula is C50H93N11O13S. The van der Waals surface area contributed by atoms with Gasteiger partial charge in [0.05, 0.1) is 57.8 Å². The van der Waals surface area contributed by atoms with Crippen molar-refractivity contribution in [3.63, 3.8) is 0 Å². The van der Waals surface area contributed by atoms with Crippen LogP contribution in [0.5, 0.6) is 0 Å². The van der Waals surface area contributed by atoms with E-state index in [-0.39, 0.29) is 151 Å². The van der Waals surface area contributed by atoms with Gasteiger partial charge in [-0.2, -0.15) is 11.8 Å². The SMILES string of the molecule is CC.CC[C@@H](CCCCNC(=O)COCCOCCNC(=O)COCCOCCNC(=O)CCCC(=O)NCCCC[C@H](NC(=O)CCCC[C@@H]1SC[C@@H]2NC(=O)N[C@@H]21)C(=O)NCCCC[C@H](NC)C(N)=O)C(N)=O. The zero-order valence-electron chi connectivity index (χ0n) is 45.3. The minimum atomic E-state index is -0.744. The molecule has 2 saturated heterocycles. The lowest BCUT2D eigenvalue weighted by atomic mass is 9.99. The summed E-state index contributed by atoms with van der Waals surface area (Å²) in [6.45, 7) is 8.90. The minimum Gasteiger partial charge on any atom is -0.377 e. The first kappa shape index (κ1) is 68.2. The molecule has 0 aliphatic carbocycles. The van der Waals surface area contributed by atoms with Gasteiger partial charge in [-0.3, -0.25) is 38.4 Å². The fourth-order valence-electron chi connectivity index (χ4n) is 8.02. The van der Waals surface area contributed by atoms with Gasteiger partial charge in [-0.15, -0.1) is 0 Å². The van der Waals surface area contributed by atoms with Crippen molar-refractivity contribution in [1.82, 2.24) is 47.9 Å². The Morgan fingerprint density at radius 3 is 1.64 bits per heavy atom. The van der Waals surface area contributed by atoms with Crippen molar-refractivity contribution in [3.8, 4) is 0 Å². The van der Waals surface area contributed by atoms with E-state index in [4.69, 9.17) is 30.4 Å². The second kappa shape index (κ2) is 44.3. The van der Waals surface area contributed by atoms with Crippen LogP contribution in [0.4, 0.5) is 4.79 Å². The number of thioether (sulfide) groups is 1. The summed E-state index contributed by atoms with van der Waals surface area (Å²) in [5, 5.41) is 25.9. The number of ether oxygens (including phenoxy) is 4. The zero-order valence-corrected chi connectivity index (χ0v) is 46.1. The maximum atomic E-state index is 13.2. The lowest BCUT2D eigenvalue weighted by Crippen LogP contribution is -2.47. The maximum absolute atomic E-state index is 13.2. The smallest absolute Gasteiger partial charge is 0.315 e. The number of hydrogen-bond donors (Lipinski definition) is 11. The van der Waals surface area contributed by atoms with Gasteiger partial charge in [0.15, 0.2) is 0 Å². The van der Waals surface area contributed by atoms with Gasteiger partial charge in [-0.25, -0.2) is 4.79 Å². The van der Waals surface area contributed by atoms with E-state index in [2.05, 4.69) is 47.9 Å². The van der Waals surface area contributed by atoms with Crippen LogP contribution in [0.25, 0.3) is 0 Å². The molecular weight excluding hydrogens is 995 g/mol. The van der Waals surface area contributed by atoms with Gasteiger partial charge in [-0.1, -0.05) is 33.6 Å². The largest absolute Gasteiger partial charge is 0.377 e. The molecule has 0 spiro atoms. The number of fused-ring (bicyclic) bond motifs is 1. The lowest BCUT2D eigenvalue weighted by molar-refractivity contribution is -0.129. The van der Waals surface area contributed by atoms with Gasteiger partial charge in [0.2, 0.25) is 47.3 Å². The number of nitrogens with one attached hydrogen (secondary N) is 9. The van der Waals surface area contributed by atoms with E-state index in [1.54, 1.807) is 7.05 Å². The molecule has 0 aromatic rings. The summed E-state index contributed by atoms with van der Waals surface area (Å²) in [6.07, 6.45) is 9.68. The number of unbranched alkanes of at least 4 members (excludes halogenated alkanes) is 4. The third-order valence-electron chi connectivity index (χ3n) is 12.2. The van der Waals surface area contributed by atoms with Gasteiger partial charge in [0.1, 0.15) is 19.3 Å². The summed E-state index contributed by atoms with van der Waals surface area (Å²) < 4.78 is 21.4. The Morgan fingerprint density at radius 1 is 0.573 bits per heavy atom. The Morgan fingerprint density at radius 2 is 1.08 bits per heavy atom. The van der Waals surface area contributed by atoms with Crippen molar-refractivity contribution in [1.29, 1.82) is 0 Å². The van der Waals surface area contributed by atoms with Crippen LogP contribution in [0.2, 0.25) is 0 Å². The van der Waals surface area contributed by atoms with Crippen LogP contribution in [0.1, 0.15) is 130 Å². The highest BCUT2D eigenvalue weighted by Crippen LogP contribution is 2.33. The fourth-order valence-corrected chi connectivity index (χ4v) is 9.57. The third kappa shape index (κ3) is 34.5. The summed E-state index contributed by atoms with van der Waals surface area (Å²) in [7, 11) is 1.67. The third-order valence-corrected chi connectivity index (χ3v) is 13.7. The number of hydrogen-bond acceptors (Lipinski definition) is 15. The quantitative estimate of drug-likeness (QED) is 0.0285. The molecule has 2 aliphatic rings. The van der Waals surface area contributed by atoms with E-state index >= 15 is 0 Å². The molecule has 0 aromatic heterocycles. The highest BCUT2D eigenvalue weighted by molar-refractivity contribution is 8.00. The number of carbonyl (C=O) groups is 9. The van der Waals surface area contributed by atoms with Crippen LogP contribution in [0.3, 0.4) is 0 Å². The molecule has 2 rings (SSSR count). The summed E-state index contributed by atoms with van der Waals surface area (Å²) in [5.74, 6) is -1.42. The van der Waals surface area contributed by atoms with E-state index in [1.165, 1.54) is 0 Å². The monoisotopic (exact) mass is 1090 g/mol. The molecule has 75 heavy (non-hydrogen) atoms. The Labute approximate surface area is 448 Å². The molecule has 13 N–H and O–H groups in total. The molecule has 2 aliphatic heterocycles. The van der Waals surface area contributed by atoms with E-state index in [0.29, 0.717) is 89.1 Å². The first-order valence-corrected chi connectivity index (χ1v) is 28.2. The molecule has 2 heterocycles. The molecule has 10 amide bonds. The molecule has 0 unspecified atom stereocenters. The van der Waals surface area contributed by atoms with Crippen LogP contribution in [0.15, 0.2) is 0 Å². The lowest BCUT2D eigenvalue weighted by Gasteiger charge is -2.19. The number of likely N-dealkylation sites (N-methyl/N-ethyl adjacent to an activating group) is 1. The molecule has 24 nitrogen and oxygen atoms in total. The number of amides is 10. The van der Waals surface area contributed by atoms with Crippen LogP contribution in [0, 0.1) is 5.92 Å². The number of rotatable bonds is 46. The van der Waals surface area contributed by atoms with Gasteiger partial charge >= 0.3 is 6.03 Å². The maximum Gasteiger partial charge on any atom is 0.315 e. The van der Waals surface area contributed by atoms with Gasteiger partial charge < -0.3 is 78.3 Å². The van der Waals surface area contributed by atoms with Gasteiger partial charge in [0, 0.05) is 68.9 Å². The molecule has 6 atom stereocenters.